The van der Waals surface area contributed by atoms with Crippen LogP contribution in [0.4, 0.5) is 0 Å². The van der Waals surface area contributed by atoms with Crippen LogP contribution in [0.2, 0.25) is 0 Å². The first-order valence-corrected chi connectivity index (χ1v) is 8.24. The molecule has 0 radical (unpaired) electrons. The number of nitriles is 1. The zero-order chi connectivity index (χ0) is 15.0. The lowest BCUT2D eigenvalue weighted by atomic mass is 9.76. The molecule has 3 heteroatoms. The van der Waals surface area contributed by atoms with Gasteiger partial charge in [-0.3, -0.25) is 4.90 Å². The van der Waals surface area contributed by atoms with Gasteiger partial charge < -0.3 is 4.74 Å². The van der Waals surface area contributed by atoms with E-state index in [2.05, 4.69) is 31.7 Å². The molecule has 0 aliphatic heterocycles. The molecule has 0 saturated heterocycles. The molecule has 0 aromatic heterocycles. The van der Waals surface area contributed by atoms with Gasteiger partial charge in [0.25, 0.3) is 0 Å². The number of methoxy groups -OCH3 is 1. The predicted molar refractivity (Wildman–Crippen MR) is 83.4 cm³/mol. The standard InChI is InChI=1S/C17H32N2O/c1-5-6-15-7-8-16(12-18)17(11-15)19(9-10-20-4)13-14(2)3/h14-17H,5-11,13H2,1-4H3. The van der Waals surface area contributed by atoms with Crippen molar-refractivity contribution in [2.75, 3.05) is 26.8 Å². The van der Waals surface area contributed by atoms with Crippen LogP contribution in [0.1, 0.15) is 52.9 Å². The van der Waals surface area contributed by atoms with Crippen molar-refractivity contribution in [3.05, 3.63) is 0 Å². The minimum atomic E-state index is 0.207. The van der Waals surface area contributed by atoms with Crippen LogP contribution in [0.25, 0.3) is 0 Å². The largest absolute Gasteiger partial charge is 0.383 e. The molecule has 1 saturated carbocycles. The molecule has 1 rings (SSSR count). The summed E-state index contributed by atoms with van der Waals surface area (Å²) in [5, 5.41) is 9.48. The van der Waals surface area contributed by atoms with Gasteiger partial charge in [-0.1, -0.05) is 33.6 Å². The fraction of sp³-hybridized carbons (Fsp3) is 0.941. The fourth-order valence-corrected chi connectivity index (χ4v) is 3.53. The summed E-state index contributed by atoms with van der Waals surface area (Å²) in [5.74, 6) is 1.66. The van der Waals surface area contributed by atoms with Gasteiger partial charge in [0.2, 0.25) is 0 Å². The lowest BCUT2D eigenvalue weighted by Crippen LogP contribution is -2.47. The third-order valence-corrected chi connectivity index (χ3v) is 4.44. The Morgan fingerprint density at radius 3 is 2.65 bits per heavy atom. The third-order valence-electron chi connectivity index (χ3n) is 4.44. The molecule has 0 spiro atoms. The number of hydrogen-bond donors (Lipinski definition) is 0. The smallest absolute Gasteiger partial charge is 0.0672 e. The minimum absolute atomic E-state index is 0.207. The van der Waals surface area contributed by atoms with E-state index in [0.29, 0.717) is 12.0 Å². The lowest BCUT2D eigenvalue weighted by Gasteiger charge is -2.41. The molecule has 3 atom stereocenters. The van der Waals surface area contributed by atoms with Gasteiger partial charge in [-0.25, -0.2) is 0 Å². The second-order valence-electron chi connectivity index (χ2n) is 6.65. The Labute approximate surface area is 125 Å². The zero-order valence-electron chi connectivity index (χ0n) is 13.8. The maximum atomic E-state index is 9.48. The van der Waals surface area contributed by atoms with Crippen molar-refractivity contribution < 1.29 is 4.74 Å². The molecule has 0 amide bonds. The average Bonchev–Trinajstić information content (AvgIpc) is 2.43. The van der Waals surface area contributed by atoms with Gasteiger partial charge in [-0.15, -0.1) is 0 Å². The molecule has 116 valence electrons. The van der Waals surface area contributed by atoms with E-state index in [0.717, 1.165) is 32.0 Å². The van der Waals surface area contributed by atoms with Crippen molar-refractivity contribution in [2.45, 2.75) is 58.9 Å². The van der Waals surface area contributed by atoms with Crippen molar-refractivity contribution in [3.8, 4) is 6.07 Å². The van der Waals surface area contributed by atoms with Crippen LogP contribution >= 0.6 is 0 Å². The first kappa shape index (κ1) is 17.5. The molecule has 0 aromatic rings. The highest BCUT2D eigenvalue weighted by Crippen LogP contribution is 2.34. The Bertz CT molecular complexity index is 298. The Kier molecular flexibility index (Phi) is 8.18. The van der Waals surface area contributed by atoms with E-state index in [4.69, 9.17) is 4.74 Å². The summed E-state index contributed by atoms with van der Waals surface area (Å²) in [6, 6.07) is 3.00. The Balaban J connectivity index is 2.72. The maximum Gasteiger partial charge on any atom is 0.0672 e. The summed E-state index contributed by atoms with van der Waals surface area (Å²) in [5.41, 5.74) is 0. The van der Waals surface area contributed by atoms with E-state index in [1.54, 1.807) is 7.11 Å². The topological polar surface area (TPSA) is 36.3 Å². The predicted octanol–water partition coefficient (Wildman–Crippen LogP) is 3.70. The van der Waals surface area contributed by atoms with E-state index >= 15 is 0 Å². The summed E-state index contributed by atoms with van der Waals surface area (Å²) in [6.45, 7) is 9.57. The second kappa shape index (κ2) is 9.37. The maximum absolute atomic E-state index is 9.48. The second-order valence-corrected chi connectivity index (χ2v) is 6.65. The normalized spacial score (nSPS) is 26.9. The van der Waals surface area contributed by atoms with Crippen LogP contribution in [-0.4, -0.2) is 37.7 Å². The molecule has 20 heavy (non-hydrogen) atoms. The molecular formula is C17H32N2O. The van der Waals surface area contributed by atoms with Crippen LogP contribution in [0.3, 0.4) is 0 Å². The van der Waals surface area contributed by atoms with Crippen LogP contribution < -0.4 is 0 Å². The first-order chi connectivity index (χ1) is 9.62. The van der Waals surface area contributed by atoms with Crippen LogP contribution in [0, 0.1) is 29.1 Å². The molecule has 1 fully saturated rings. The molecule has 0 aromatic carbocycles. The molecule has 0 bridgehead atoms. The monoisotopic (exact) mass is 280 g/mol. The van der Waals surface area contributed by atoms with Crippen LogP contribution in [-0.2, 0) is 4.74 Å². The van der Waals surface area contributed by atoms with Crippen molar-refractivity contribution in [1.82, 2.24) is 4.90 Å². The molecule has 3 unspecified atom stereocenters. The molecule has 0 heterocycles. The molecule has 1 aliphatic carbocycles. The van der Waals surface area contributed by atoms with Gasteiger partial charge in [-0.05, 0) is 31.1 Å². The van der Waals surface area contributed by atoms with E-state index < -0.39 is 0 Å². The molecule has 1 aliphatic rings. The summed E-state index contributed by atoms with van der Waals surface area (Å²) >= 11 is 0. The molecule has 0 N–H and O–H groups in total. The van der Waals surface area contributed by atoms with Crippen LogP contribution in [0.5, 0.6) is 0 Å². The number of rotatable bonds is 8. The number of hydrogen-bond acceptors (Lipinski definition) is 3. The Hall–Kier alpha value is -0.590. The van der Waals surface area contributed by atoms with Crippen molar-refractivity contribution in [2.24, 2.45) is 17.8 Å². The minimum Gasteiger partial charge on any atom is -0.383 e. The third kappa shape index (κ3) is 5.42. The Morgan fingerprint density at radius 2 is 2.10 bits per heavy atom. The zero-order valence-corrected chi connectivity index (χ0v) is 13.8. The van der Waals surface area contributed by atoms with Gasteiger partial charge in [0, 0.05) is 26.2 Å². The summed E-state index contributed by atoms with van der Waals surface area (Å²) in [6.07, 6.45) is 6.09. The number of nitrogens with zero attached hydrogens (tertiary/aromatic N) is 2. The first-order valence-electron chi connectivity index (χ1n) is 8.24. The van der Waals surface area contributed by atoms with Crippen LogP contribution in [0.15, 0.2) is 0 Å². The average molecular weight is 280 g/mol. The van der Waals surface area contributed by atoms with Crippen molar-refractivity contribution in [3.63, 3.8) is 0 Å². The van der Waals surface area contributed by atoms with Gasteiger partial charge in [0.05, 0.1) is 18.6 Å². The molecule has 3 nitrogen and oxygen atoms in total. The molecular weight excluding hydrogens is 248 g/mol. The van der Waals surface area contributed by atoms with Crippen molar-refractivity contribution >= 4 is 0 Å². The van der Waals surface area contributed by atoms with E-state index in [-0.39, 0.29) is 5.92 Å². The summed E-state index contributed by atoms with van der Waals surface area (Å²) in [4.78, 5) is 2.52. The van der Waals surface area contributed by atoms with E-state index in [9.17, 15) is 5.26 Å². The SMILES string of the molecule is CCCC1CCC(C#N)C(N(CCOC)CC(C)C)C1. The van der Waals surface area contributed by atoms with Gasteiger partial charge in [0.15, 0.2) is 0 Å². The van der Waals surface area contributed by atoms with Crippen molar-refractivity contribution in [1.29, 1.82) is 5.26 Å². The van der Waals surface area contributed by atoms with E-state index in [1.165, 1.54) is 25.7 Å². The quantitative estimate of drug-likeness (QED) is 0.680. The summed E-state index contributed by atoms with van der Waals surface area (Å²) in [7, 11) is 1.76. The van der Waals surface area contributed by atoms with Gasteiger partial charge in [0.1, 0.15) is 0 Å². The number of ether oxygens (including phenoxy) is 1. The Morgan fingerprint density at radius 1 is 1.35 bits per heavy atom. The lowest BCUT2D eigenvalue weighted by molar-refractivity contribution is 0.0600. The fourth-order valence-electron chi connectivity index (χ4n) is 3.53. The van der Waals surface area contributed by atoms with Gasteiger partial charge >= 0.3 is 0 Å². The highest BCUT2D eigenvalue weighted by Gasteiger charge is 2.34. The van der Waals surface area contributed by atoms with E-state index in [1.807, 2.05) is 0 Å². The summed E-state index contributed by atoms with van der Waals surface area (Å²) < 4.78 is 5.26. The highest BCUT2D eigenvalue weighted by atomic mass is 16.5. The highest BCUT2D eigenvalue weighted by molar-refractivity contribution is 4.97. The van der Waals surface area contributed by atoms with Gasteiger partial charge in [-0.2, -0.15) is 5.26 Å².